The molecule has 2 N–H and O–H groups in total. The van der Waals surface area contributed by atoms with Crippen molar-refractivity contribution in [3.05, 3.63) is 45.2 Å². The Labute approximate surface area is 136 Å². The standard InChI is InChI=1S/C19H24N2O2/c1-12-8-13(2)17-14(9-12)10-15(18(22)20-17)11-21-7-3-4-16(21)19(23)5-6-19/h8-10,16,23H,3-7,11H2,1-2H3,(H,20,22). The van der Waals surface area contributed by atoms with Crippen molar-refractivity contribution >= 4 is 10.9 Å². The molecular formula is C19H24N2O2. The van der Waals surface area contributed by atoms with E-state index in [1.54, 1.807) is 0 Å². The van der Waals surface area contributed by atoms with E-state index in [1.165, 1.54) is 5.56 Å². The Balaban J connectivity index is 1.69. The average Bonchev–Trinajstić information content (AvgIpc) is 3.06. The average molecular weight is 312 g/mol. The number of likely N-dealkylation sites (tertiary alicyclic amines) is 1. The third kappa shape index (κ3) is 2.60. The van der Waals surface area contributed by atoms with Crippen LogP contribution in [0, 0.1) is 13.8 Å². The number of fused-ring (bicyclic) bond motifs is 1. The highest BCUT2D eigenvalue weighted by molar-refractivity contribution is 5.82. The molecule has 1 saturated heterocycles. The molecule has 4 rings (SSSR count). The lowest BCUT2D eigenvalue weighted by Crippen LogP contribution is -2.41. The molecule has 1 aliphatic heterocycles. The summed E-state index contributed by atoms with van der Waals surface area (Å²) < 4.78 is 0. The minimum absolute atomic E-state index is 0.00195. The number of H-pyrrole nitrogens is 1. The number of nitrogens with zero attached hydrogens (tertiary/aromatic N) is 1. The largest absolute Gasteiger partial charge is 0.388 e. The number of hydrogen-bond donors (Lipinski definition) is 2. The van der Waals surface area contributed by atoms with E-state index in [2.05, 4.69) is 28.9 Å². The molecule has 2 aromatic rings. The Kier molecular flexibility index (Phi) is 3.36. The molecule has 4 nitrogen and oxygen atoms in total. The number of rotatable bonds is 3. The second kappa shape index (κ2) is 5.18. The summed E-state index contributed by atoms with van der Waals surface area (Å²) in [5, 5.41) is 11.6. The second-order valence-electron chi connectivity index (χ2n) is 7.40. The van der Waals surface area contributed by atoms with E-state index in [1.807, 2.05) is 13.0 Å². The zero-order chi connectivity index (χ0) is 16.2. The maximum absolute atomic E-state index is 12.5. The highest BCUT2D eigenvalue weighted by Gasteiger charge is 2.51. The van der Waals surface area contributed by atoms with Gasteiger partial charge in [-0.15, -0.1) is 0 Å². The van der Waals surface area contributed by atoms with Crippen LogP contribution >= 0.6 is 0 Å². The molecule has 1 saturated carbocycles. The molecule has 0 spiro atoms. The van der Waals surface area contributed by atoms with Gasteiger partial charge in [0.05, 0.1) is 11.1 Å². The van der Waals surface area contributed by atoms with E-state index < -0.39 is 5.60 Å². The molecule has 0 radical (unpaired) electrons. The smallest absolute Gasteiger partial charge is 0.252 e. The van der Waals surface area contributed by atoms with Crippen LogP contribution < -0.4 is 5.56 Å². The normalized spacial score (nSPS) is 23.5. The molecule has 2 heterocycles. The first-order chi connectivity index (χ1) is 11.0. The maximum atomic E-state index is 12.5. The first-order valence-electron chi connectivity index (χ1n) is 8.56. The summed E-state index contributed by atoms with van der Waals surface area (Å²) in [6.45, 7) is 5.71. The van der Waals surface area contributed by atoms with Crippen molar-refractivity contribution in [2.45, 2.75) is 57.7 Å². The summed E-state index contributed by atoms with van der Waals surface area (Å²) in [5.41, 5.74) is 3.56. The van der Waals surface area contributed by atoms with Gasteiger partial charge in [0.15, 0.2) is 0 Å². The molecule has 23 heavy (non-hydrogen) atoms. The Morgan fingerprint density at radius 3 is 2.83 bits per heavy atom. The van der Waals surface area contributed by atoms with Gasteiger partial charge in [-0.3, -0.25) is 9.69 Å². The molecule has 2 aliphatic rings. The molecule has 0 bridgehead atoms. The van der Waals surface area contributed by atoms with Crippen LogP contribution in [0.15, 0.2) is 23.0 Å². The third-order valence-electron chi connectivity index (χ3n) is 5.49. The van der Waals surface area contributed by atoms with Crippen LogP contribution in [-0.2, 0) is 6.54 Å². The van der Waals surface area contributed by atoms with Gasteiger partial charge in [0.25, 0.3) is 5.56 Å². The SMILES string of the molecule is Cc1cc(C)c2[nH]c(=O)c(CN3CCCC3C3(O)CC3)cc2c1. The Morgan fingerprint density at radius 1 is 1.30 bits per heavy atom. The highest BCUT2D eigenvalue weighted by atomic mass is 16.3. The lowest BCUT2D eigenvalue weighted by atomic mass is 10.0. The van der Waals surface area contributed by atoms with Crippen LogP contribution in [0.1, 0.15) is 42.4 Å². The van der Waals surface area contributed by atoms with Gasteiger partial charge in [-0.25, -0.2) is 0 Å². The van der Waals surface area contributed by atoms with Crippen molar-refractivity contribution in [1.82, 2.24) is 9.88 Å². The van der Waals surface area contributed by atoms with Crippen LogP contribution in [0.3, 0.4) is 0 Å². The first-order valence-corrected chi connectivity index (χ1v) is 8.56. The molecule has 1 unspecified atom stereocenters. The van der Waals surface area contributed by atoms with Crippen LogP contribution in [0.2, 0.25) is 0 Å². The topological polar surface area (TPSA) is 56.3 Å². The van der Waals surface area contributed by atoms with E-state index in [0.29, 0.717) is 6.54 Å². The predicted molar refractivity (Wildman–Crippen MR) is 91.7 cm³/mol. The second-order valence-corrected chi connectivity index (χ2v) is 7.40. The molecular weight excluding hydrogens is 288 g/mol. The zero-order valence-corrected chi connectivity index (χ0v) is 13.9. The quantitative estimate of drug-likeness (QED) is 0.916. The number of nitrogens with one attached hydrogen (secondary N) is 1. The fraction of sp³-hybridized carbons (Fsp3) is 0.526. The number of aromatic nitrogens is 1. The maximum Gasteiger partial charge on any atom is 0.252 e. The molecule has 0 amide bonds. The van der Waals surface area contributed by atoms with Gasteiger partial charge in [-0.05, 0) is 69.2 Å². The fourth-order valence-electron chi connectivity index (χ4n) is 4.15. The monoisotopic (exact) mass is 312 g/mol. The van der Waals surface area contributed by atoms with Crippen molar-refractivity contribution in [1.29, 1.82) is 0 Å². The summed E-state index contributed by atoms with van der Waals surface area (Å²) in [6, 6.07) is 6.46. The summed E-state index contributed by atoms with van der Waals surface area (Å²) in [5.74, 6) is 0. The fourth-order valence-corrected chi connectivity index (χ4v) is 4.15. The minimum Gasteiger partial charge on any atom is -0.388 e. The van der Waals surface area contributed by atoms with Gasteiger partial charge < -0.3 is 10.1 Å². The van der Waals surface area contributed by atoms with Crippen LogP contribution in [-0.4, -0.2) is 33.2 Å². The molecule has 1 atom stereocenters. The number of aryl methyl sites for hydroxylation is 2. The van der Waals surface area contributed by atoms with Gasteiger partial charge in [-0.1, -0.05) is 11.6 Å². The van der Waals surface area contributed by atoms with Gasteiger partial charge in [0.1, 0.15) is 0 Å². The predicted octanol–water partition coefficient (Wildman–Crippen LogP) is 2.63. The van der Waals surface area contributed by atoms with Gasteiger partial charge in [0, 0.05) is 18.2 Å². The van der Waals surface area contributed by atoms with Crippen molar-refractivity contribution in [2.24, 2.45) is 0 Å². The van der Waals surface area contributed by atoms with E-state index in [4.69, 9.17) is 0 Å². The summed E-state index contributed by atoms with van der Waals surface area (Å²) in [7, 11) is 0. The van der Waals surface area contributed by atoms with Crippen LogP contribution in [0.5, 0.6) is 0 Å². The zero-order valence-electron chi connectivity index (χ0n) is 13.9. The minimum atomic E-state index is -0.493. The van der Waals surface area contributed by atoms with Crippen molar-refractivity contribution in [3.8, 4) is 0 Å². The third-order valence-corrected chi connectivity index (χ3v) is 5.49. The Bertz CT molecular complexity index is 820. The lowest BCUT2D eigenvalue weighted by molar-refractivity contribution is 0.0480. The summed E-state index contributed by atoms with van der Waals surface area (Å²) in [6.07, 6.45) is 3.96. The molecule has 1 aliphatic carbocycles. The van der Waals surface area contributed by atoms with Gasteiger partial charge in [-0.2, -0.15) is 0 Å². The van der Waals surface area contributed by atoms with Gasteiger partial charge >= 0.3 is 0 Å². The van der Waals surface area contributed by atoms with Crippen molar-refractivity contribution < 1.29 is 5.11 Å². The van der Waals surface area contributed by atoms with E-state index in [-0.39, 0.29) is 11.6 Å². The number of pyridine rings is 1. The number of aliphatic hydroxyl groups is 1. The number of hydrogen-bond acceptors (Lipinski definition) is 3. The van der Waals surface area contributed by atoms with Crippen molar-refractivity contribution in [3.63, 3.8) is 0 Å². The first kappa shape index (κ1) is 14.9. The number of benzene rings is 1. The highest BCUT2D eigenvalue weighted by Crippen LogP contribution is 2.44. The summed E-state index contributed by atoms with van der Waals surface area (Å²) >= 11 is 0. The van der Waals surface area contributed by atoms with Crippen LogP contribution in [0.4, 0.5) is 0 Å². The molecule has 4 heteroatoms. The van der Waals surface area contributed by atoms with E-state index in [0.717, 1.165) is 54.3 Å². The van der Waals surface area contributed by atoms with Crippen LogP contribution in [0.25, 0.3) is 10.9 Å². The Hall–Kier alpha value is -1.65. The molecule has 1 aromatic carbocycles. The van der Waals surface area contributed by atoms with E-state index >= 15 is 0 Å². The molecule has 2 fully saturated rings. The summed E-state index contributed by atoms with van der Waals surface area (Å²) in [4.78, 5) is 17.8. The van der Waals surface area contributed by atoms with Gasteiger partial charge in [0.2, 0.25) is 0 Å². The number of aromatic amines is 1. The molecule has 122 valence electrons. The Morgan fingerprint density at radius 2 is 2.09 bits per heavy atom. The van der Waals surface area contributed by atoms with Crippen molar-refractivity contribution in [2.75, 3.05) is 6.54 Å². The van der Waals surface area contributed by atoms with E-state index in [9.17, 15) is 9.90 Å². The molecule has 1 aromatic heterocycles. The lowest BCUT2D eigenvalue weighted by Gasteiger charge is -2.28.